The van der Waals surface area contributed by atoms with Crippen LogP contribution in [0.4, 0.5) is 5.69 Å². The molecule has 1 heterocycles. The molecular formula is C17H15N3O. The summed E-state index contributed by atoms with van der Waals surface area (Å²) < 4.78 is 0. The molecule has 0 fully saturated rings. The van der Waals surface area contributed by atoms with E-state index in [2.05, 4.69) is 28.8 Å². The van der Waals surface area contributed by atoms with Crippen LogP contribution in [0.3, 0.4) is 0 Å². The van der Waals surface area contributed by atoms with Gasteiger partial charge < -0.3 is 10.6 Å². The van der Waals surface area contributed by atoms with Gasteiger partial charge in [-0.2, -0.15) is 5.26 Å². The fourth-order valence-electron chi connectivity index (χ4n) is 2.50. The summed E-state index contributed by atoms with van der Waals surface area (Å²) in [7, 11) is 0. The molecule has 2 N–H and O–H groups in total. The highest BCUT2D eigenvalue weighted by Gasteiger charge is 2.23. The predicted octanol–water partition coefficient (Wildman–Crippen LogP) is 2.21. The molecule has 1 atom stereocenters. The summed E-state index contributed by atoms with van der Waals surface area (Å²) in [6, 6.07) is 16.9. The molecule has 0 saturated carbocycles. The summed E-state index contributed by atoms with van der Waals surface area (Å²) in [5.74, 6) is -0.0470. The third-order valence-corrected chi connectivity index (χ3v) is 3.68. The van der Waals surface area contributed by atoms with Crippen molar-refractivity contribution in [3.8, 4) is 6.07 Å². The van der Waals surface area contributed by atoms with Gasteiger partial charge >= 0.3 is 0 Å². The number of rotatable bonds is 2. The maximum Gasteiger partial charge on any atom is 0.241 e. The Balaban J connectivity index is 1.68. The van der Waals surface area contributed by atoms with Crippen LogP contribution in [-0.4, -0.2) is 11.9 Å². The molecule has 4 heteroatoms. The number of carbonyl (C=O) groups excluding carboxylic acids is 1. The molecule has 1 aliphatic rings. The maximum atomic E-state index is 12.3. The van der Waals surface area contributed by atoms with Gasteiger partial charge in [0, 0.05) is 12.2 Å². The van der Waals surface area contributed by atoms with E-state index in [0.29, 0.717) is 24.2 Å². The van der Waals surface area contributed by atoms with Crippen molar-refractivity contribution in [2.75, 3.05) is 5.32 Å². The molecule has 0 unspecified atom stereocenters. The highest BCUT2D eigenvalue weighted by atomic mass is 16.2. The van der Waals surface area contributed by atoms with Gasteiger partial charge in [-0.25, -0.2) is 0 Å². The van der Waals surface area contributed by atoms with Crippen molar-refractivity contribution >= 4 is 11.6 Å². The van der Waals surface area contributed by atoms with Crippen molar-refractivity contribution in [1.29, 1.82) is 5.26 Å². The third-order valence-electron chi connectivity index (χ3n) is 3.68. The van der Waals surface area contributed by atoms with Crippen LogP contribution in [0.25, 0.3) is 0 Å². The number of benzene rings is 2. The van der Waals surface area contributed by atoms with E-state index in [0.717, 1.165) is 0 Å². The Kier molecular flexibility index (Phi) is 3.67. The van der Waals surface area contributed by atoms with Gasteiger partial charge in [-0.05, 0) is 41.8 Å². The first-order valence-corrected chi connectivity index (χ1v) is 6.87. The number of nitriles is 1. The first-order valence-electron chi connectivity index (χ1n) is 6.87. The van der Waals surface area contributed by atoms with Crippen LogP contribution in [0, 0.1) is 11.3 Å². The number of anilines is 1. The Bertz CT molecular complexity index is 701. The van der Waals surface area contributed by atoms with E-state index in [1.807, 2.05) is 12.1 Å². The predicted molar refractivity (Wildman–Crippen MR) is 80.6 cm³/mol. The quantitative estimate of drug-likeness (QED) is 0.884. The van der Waals surface area contributed by atoms with Gasteiger partial charge in [0.05, 0.1) is 17.7 Å². The van der Waals surface area contributed by atoms with E-state index in [-0.39, 0.29) is 11.9 Å². The lowest BCUT2D eigenvalue weighted by Gasteiger charge is -2.25. The molecule has 1 aliphatic heterocycles. The smallest absolute Gasteiger partial charge is 0.241 e. The number of nitrogens with zero attached hydrogens (tertiary/aromatic N) is 1. The minimum atomic E-state index is -0.226. The lowest BCUT2D eigenvalue weighted by Crippen LogP contribution is -2.44. The number of hydrogen-bond donors (Lipinski definition) is 2. The zero-order chi connectivity index (χ0) is 14.7. The van der Waals surface area contributed by atoms with Crippen LogP contribution in [0.5, 0.6) is 0 Å². The standard InChI is InChI=1S/C17H15N3O/c18-10-12-5-7-15(8-6-12)20-17(21)16-9-13-3-1-2-4-14(13)11-19-16/h1-8,16,19H,9,11H2,(H,20,21)/t16-/m0/s1. The normalized spacial score (nSPS) is 16.6. The molecule has 0 spiro atoms. The largest absolute Gasteiger partial charge is 0.325 e. The molecule has 21 heavy (non-hydrogen) atoms. The second-order valence-corrected chi connectivity index (χ2v) is 5.08. The SMILES string of the molecule is N#Cc1ccc(NC(=O)[C@@H]2Cc3ccccc3CN2)cc1. The number of nitrogens with one attached hydrogen (secondary N) is 2. The fraction of sp³-hybridized carbons (Fsp3) is 0.176. The highest BCUT2D eigenvalue weighted by Crippen LogP contribution is 2.17. The van der Waals surface area contributed by atoms with Gasteiger partial charge in [-0.15, -0.1) is 0 Å². The van der Waals surface area contributed by atoms with E-state index in [1.54, 1.807) is 24.3 Å². The fourth-order valence-corrected chi connectivity index (χ4v) is 2.50. The molecule has 2 aromatic rings. The molecule has 3 rings (SSSR count). The Morgan fingerprint density at radius 2 is 1.86 bits per heavy atom. The molecule has 104 valence electrons. The summed E-state index contributed by atoms with van der Waals surface area (Å²) in [6.07, 6.45) is 0.693. The maximum absolute atomic E-state index is 12.3. The molecule has 0 bridgehead atoms. The van der Waals surface area contributed by atoms with E-state index >= 15 is 0 Å². The average molecular weight is 277 g/mol. The number of carbonyl (C=O) groups is 1. The minimum Gasteiger partial charge on any atom is -0.325 e. The van der Waals surface area contributed by atoms with E-state index in [1.165, 1.54) is 11.1 Å². The third kappa shape index (κ3) is 2.93. The van der Waals surface area contributed by atoms with Crippen LogP contribution in [0.1, 0.15) is 16.7 Å². The molecule has 1 amide bonds. The van der Waals surface area contributed by atoms with E-state index in [9.17, 15) is 4.79 Å². The zero-order valence-corrected chi connectivity index (χ0v) is 11.5. The number of hydrogen-bond acceptors (Lipinski definition) is 3. The van der Waals surface area contributed by atoms with Gasteiger partial charge in [-0.1, -0.05) is 24.3 Å². The Labute approximate surface area is 123 Å². The summed E-state index contributed by atoms with van der Waals surface area (Å²) in [5.41, 5.74) is 3.76. The minimum absolute atomic E-state index is 0.0470. The highest BCUT2D eigenvalue weighted by molar-refractivity contribution is 5.95. The number of amides is 1. The summed E-state index contributed by atoms with van der Waals surface area (Å²) in [6.45, 7) is 0.710. The molecule has 0 saturated heterocycles. The lowest BCUT2D eigenvalue weighted by molar-refractivity contribution is -0.118. The summed E-state index contributed by atoms with van der Waals surface area (Å²) in [5, 5.41) is 14.9. The van der Waals surface area contributed by atoms with Crippen LogP contribution >= 0.6 is 0 Å². The van der Waals surface area contributed by atoms with Crippen LogP contribution in [0.2, 0.25) is 0 Å². The van der Waals surface area contributed by atoms with Crippen LogP contribution < -0.4 is 10.6 Å². The monoisotopic (exact) mass is 277 g/mol. The topological polar surface area (TPSA) is 64.9 Å². The first kappa shape index (κ1) is 13.3. The van der Waals surface area contributed by atoms with Crippen molar-refractivity contribution in [1.82, 2.24) is 5.32 Å². The van der Waals surface area contributed by atoms with Crippen molar-refractivity contribution in [2.45, 2.75) is 19.0 Å². The molecule has 0 radical (unpaired) electrons. The second-order valence-electron chi connectivity index (χ2n) is 5.08. The van der Waals surface area contributed by atoms with Crippen molar-refractivity contribution < 1.29 is 4.79 Å². The van der Waals surface area contributed by atoms with E-state index in [4.69, 9.17) is 5.26 Å². The average Bonchev–Trinajstić information content (AvgIpc) is 2.55. The van der Waals surface area contributed by atoms with E-state index < -0.39 is 0 Å². The van der Waals surface area contributed by atoms with Gasteiger partial charge in [0.25, 0.3) is 0 Å². The molecular weight excluding hydrogens is 262 g/mol. The van der Waals surface area contributed by atoms with Gasteiger partial charge in [-0.3, -0.25) is 4.79 Å². The summed E-state index contributed by atoms with van der Waals surface area (Å²) >= 11 is 0. The van der Waals surface area contributed by atoms with Crippen molar-refractivity contribution in [2.24, 2.45) is 0 Å². The van der Waals surface area contributed by atoms with Gasteiger partial charge in [0.1, 0.15) is 0 Å². The Hall–Kier alpha value is -2.64. The van der Waals surface area contributed by atoms with Gasteiger partial charge in [0.2, 0.25) is 5.91 Å². The van der Waals surface area contributed by atoms with Crippen LogP contribution in [-0.2, 0) is 17.8 Å². The van der Waals surface area contributed by atoms with Gasteiger partial charge in [0.15, 0.2) is 0 Å². The Morgan fingerprint density at radius 3 is 2.57 bits per heavy atom. The molecule has 0 aliphatic carbocycles. The number of fused-ring (bicyclic) bond motifs is 1. The van der Waals surface area contributed by atoms with Crippen molar-refractivity contribution in [3.63, 3.8) is 0 Å². The van der Waals surface area contributed by atoms with Crippen LogP contribution in [0.15, 0.2) is 48.5 Å². The summed E-state index contributed by atoms with van der Waals surface area (Å²) in [4.78, 5) is 12.3. The first-order chi connectivity index (χ1) is 10.3. The van der Waals surface area contributed by atoms with Crippen molar-refractivity contribution in [3.05, 3.63) is 65.2 Å². The Morgan fingerprint density at radius 1 is 1.14 bits per heavy atom. The second kappa shape index (κ2) is 5.78. The molecule has 0 aromatic heterocycles. The molecule has 4 nitrogen and oxygen atoms in total. The zero-order valence-electron chi connectivity index (χ0n) is 11.5. The lowest BCUT2D eigenvalue weighted by atomic mass is 9.95. The molecule has 2 aromatic carbocycles.